The van der Waals surface area contributed by atoms with E-state index in [1.165, 1.54) is 65.9 Å². The Morgan fingerprint density at radius 1 is 0.295 bits per heavy atom. The molecule has 2 nitrogen and oxygen atoms in total. The zero-order valence-corrected chi connectivity index (χ0v) is 24.1. The summed E-state index contributed by atoms with van der Waals surface area (Å²) in [7, 11) is 0. The summed E-state index contributed by atoms with van der Waals surface area (Å²) >= 11 is 0. The molecule has 0 aliphatic heterocycles. The minimum Gasteiger partial charge on any atom is -0.309 e. The summed E-state index contributed by atoms with van der Waals surface area (Å²) in [4.78, 5) is 0. The summed E-state index contributed by atoms with van der Waals surface area (Å²) < 4.78 is 4.89. The lowest BCUT2D eigenvalue weighted by atomic mass is 10.0. The van der Waals surface area contributed by atoms with Crippen LogP contribution >= 0.6 is 0 Å². The Kier molecular flexibility index (Phi) is 5.54. The molecule has 2 heteroatoms. The molecule has 0 saturated heterocycles. The Hall–Kier alpha value is -5.86. The first-order valence-electron chi connectivity index (χ1n) is 15.1. The van der Waals surface area contributed by atoms with Crippen LogP contribution in [-0.4, -0.2) is 9.13 Å². The summed E-state index contributed by atoms with van der Waals surface area (Å²) in [5.41, 5.74) is 12.0. The molecule has 206 valence electrons. The molecule has 0 fully saturated rings. The van der Waals surface area contributed by atoms with Crippen molar-refractivity contribution >= 4 is 43.6 Å². The van der Waals surface area contributed by atoms with Crippen molar-refractivity contribution in [3.8, 4) is 33.6 Å². The lowest BCUT2D eigenvalue weighted by Gasteiger charge is -2.13. The molecule has 7 aromatic carbocycles. The van der Waals surface area contributed by atoms with Crippen molar-refractivity contribution in [3.63, 3.8) is 0 Å². The number of para-hydroxylation sites is 3. The molecule has 2 aromatic heterocycles. The van der Waals surface area contributed by atoms with E-state index in [0.29, 0.717) is 0 Å². The molecule has 0 bridgehead atoms. The van der Waals surface area contributed by atoms with Crippen molar-refractivity contribution in [2.45, 2.75) is 0 Å². The Balaban J connectivity index is 1.42. The molecule has 0 radical (unpaired) electrons. The predicted octanol–water partition coefficient (Wildman–Crippen LogP) is 11.2. The number of nitrogens with zero attached hydrogens (tertiary/aromatic N) is 2. The molecule has 0 amide bonds. The van der Waals surface area contributed by atoms with Gasteiger partial charge in [0.15, 0.2) is 0 Å². The van der Waals surface area contributed by atoms with Crippen molar-refractivity contribution in [2.75, 3.05) is 0 Å². The maximum absolute atomic E-state index is 2.45. The van der Waals surface area contributed by atoms with Crippen LogP contribution in [0.5, 0.6) is 0 Å². The molecule has 2 heterocycles. The molecule has 9 rings (SSSR count). The van der Waals surface area contributed by atoms with Crippen molar-refractivity contribution in [1.29, 1.82) is 0 Å². The first-order valence-corrected chi connectivity index (χ1v) is 15.1. The van der Waals surface area contributed by atoms with E-state index >= 15 is 0 Å². The van der Waals surface area contributed by atoms with E-state index in [2.05, 4.69) is 179 Å². The number of rotatable bonds is 4. The fourth-order valence-electron chi connectivity index (χ4n) is 6.96. The van der Waals surface area contributed by atoms with Crippen LogP contribution in [0.15, 0.2) is 170 Å². The molecule has 0 unspecified atom stereocenters. The minimum atomic E-state index is 1.16. The quantitative estimate of drug-likeness (QED) is 0.203. The predicted molar refractivity (Wildman–Crippen MR) is 186 cm³/mol. The first kappa shape index (κ1) is 24.7. The molecule has 0 aliphatic rings. The van der Waals surface area contributed by atoms with Gasteiger partial charge in [0.1, 0.15) is 0 Å². The maximum Gasteiger partial charge on any atom is 0.0619 e. The number of fused-ring (bicyclic) bond motifs is 6. The van der Waals surface area contributed by atoms with Crippen LogP contribution in [0, 0.1) is 0 Å². The molecular formula is C42H28N2. The molecular weight excluding hydrogens is 532 g/mol. The van der Waals surface area contributed by atoms with Gasteiger partial charge in [-0.1, -0.05) is 127 Å². The van der Waals surface area contributed by atoms with Gasteiger partial charge < -0.3 is 9.13 Å². The van der Waals surface area contributed by atoms with Gasteiger partial charge in [-0.3, -0.25) is 0 Å². The zero-order valence-electron chi connectivity index (χ0n) is 24.1. The van der Waals surface area contributed by atoms with Crippen molar-refractivity contribution < 1.29 is 0 Å². The summed E-state index contributed by atoms with van der Waals surface area (Å²) in [5, 5.41) is 5.04. The Labute approximate surface area is 255 Å². The highest BCUT2D eigenvalue weighted by molar-refractivity contribution is 6.21. The second-order valence-electron chi connectivity index (χ2n) is 11.4. The van der Waals surface area contributed by atoms with E-state index in [-0.39, 0.29) is 0 Å². The van der Waals surface area contributed by atoms with E-state index in [9.17, 15) is 0 Å². The number of hydrogen-bond donors (Lipinski definition) is 0. The molecule has 0 atom stereocenters. The highest BCUT2D eigenvalue weighted by Crippen LogP contribution is 2.42. The van der Waals surface area contributed by atoms with Crippen LogP contribution in [0.2, 0.25) is 0 Å². The van der Waals surface area contributed by atoms with Crippen LogP contribution in [0.1, 0.15) is 0 Å². The first-order chi connectivity index (χ1) is 21.8. The van der Waals surface area contributed by atoms with E-state index in [1.807, 2.05) is 0 Å². The van der Waals surface area contributed by atoms with Crippen molar-refractivity contribution in [2.24, 2.45) is 0 Å². The van der Waals surface area contributed by atoms with Gasteiger partial charge in [-0.15, -0.1) is 0 Å². The van der Waals surface area contributed by atoms with Crippen LogP contribution in [0.4, 0.5) is 0 Å². The zero-order chi connectivity index (χ0) is 29.0. The number of hydrogen-bond acceptors (Lipinski definition) is 0. The smallest absolute Gasteiger partial charge is 0.0619 e. The van der Waals surface area contributed by atoms with Crippen LogP contribution in [0.25, 0.3) is 77.2 Å². The molecule has 0 N–H and O–H groups in total. The van der Waals surface area contributed by atoms with Gasteiger partial charge in [0.05, 0.1) is 22.1 Å². The summed E-state index contributed by atoms with van der Waals surface area (Å²) in [6, 6.07) is 61.4. The van der Waals surface area contributed by atoms with Gasteiger partial charge in [-0.2, -0.15) is 0 Å². The van der Waals surface area contributed by atoms with Gasteiger partial charge in [0.2, 0.25) is 0 Å². The van der Waals surface area contributed by atoms with Gasteiger partial charge >= 0.3 is 0 Å². The third-order valence-corrected chi connectivity index (χ3v) is 8.89. The number of benzene rings is 7. The maximum atomic E-state index is 2.45. The van der Waals surface area contributed by atoms with Gasteiger partial charge in [-0.05, 0) is 59.2 Å². The Bertz CT molecular complexity index is 2470. The van der Waals surface area contributed by atoms with Crippen LogP contribution < -0.4 is 0 Å². The van der Waals surface area contributed by atoms with E-state index in [0.717, 1.165) is 11.4 Å². The topological polar surface area (TPSA) is 9.86 Å². The van der Waals surface area contributed by atoms with Gasteiger partial charge in [-0.25, -0.2) is 0 Å². The Morgan fingerprint density at radius 2 is 0.864 bits per heavy atom. The van der Waals surface area contributed by atoms with Crippen LogP contribution in [0.3, 0.4) is 0 Å². The summed E-state index contributed by atoms with van der Waals surface area (Å²) in [6.45, 7) is 0. The molecule has 9 aromatic rings. The second-order valence-corrected chi connectivity index (χ2v) is 11.4. The second kappa shape index (κ2) is 9.86. The van der Waals surface area contributed by atoms with Crippen LogP contribution in [-0.2, 0) is 0 Å². The molecule has 0 saturated carbocycles. The van der Waals surface area contributed by atoms with E-state index in [1.54, 1.807) is 0 Å². The fraction of sp³-hybridized carbons (Fsp3) is 0. The number of aromatic nitrogens is 2. The highest BCUT2D eigenvalue weighted by atomic mass is 15.0. The normalized spacial score (nSPS) is 11.6. The van der Waals surface area contributed by atoms with Gasteiger partial charge in [0.25, 0.3) is 0 Å². The van der Waals surface area contributed by atoms with Crippen molar-refractivity contribution in [1.82, 2.24) is 9.13 Å². The average molecular weight is 561 g/mol. The SMILES string of the molecule is c1ccc(-c2cccc(-n3c4ccccc4c4cc5c6cccc(-c7ccccc7)c6n(-c6ccccc6)c5cc43)c2)cc1. The van der Waals surface area contributed by atoms with Gasteiger partial charge in [0, 0.05) is 38.5 Å². The standard InChI is InChI=1S/C42H28N2/c1-4-14-29(15-5-1)31-18-12-21-33(26-31)43-39-25-11-10-22-35(39)37-27-38-36-24-13-23-34(30-16-6-2-7-17-30)42(36)44(41(38)28-40(37)43)32-19-8-3-9-20-32/h1-28H. The van der Waals surface area contributed by atoms with Crippen molar-refractivity contribution in [3.05, 3.63) is 170 Å². The lowest BCUT2D eigenvalue weighted by molar-refractivity contribution is 1.16. The summed E-state index contributed by atoms with van der Waals surface area (Å²) in [5.74, 6) is 0. The lowest BCUT2D eigenvalue weighted by Crippen LogP contribution is -1.97. The third kappa shape index (κ3) is 3.75. The molecule has 44 heavy (non-hydrogen) atoms. The average Bonchev–Trinajstić information content (AvgIpc) is 3.60. The van der Waals surface area contributed by atoms with E-state index < -0.39 is 0 Å². The fourth-order valence-corrected chi connectivity index (χ4v) is 6.96. The minimum absolute atomic E-state index is 1.16. The highest BCUT2D eigenvalue weighted by Gasteiger charge is 2.20. The monoisotopic (exact) mass is 560 g/mol. The molecule has 0 aliphatic carbocycles. The van der Waals surface area contributed by atoms with E-state index in [4.69, 9.17) is 0 Å². The Morgan fingerprint density at radius 3 is 1.66 bits per heavy atom. The summed E-state index contributed by atoms with van der Waals surface area (Å²) in [6.07, 6.45) is 0. The largest absolute Gasteiger partial charge is 0.309 e. The third-order valence-electron chi connectivity index (χ3n) is 8.89. The molecule has 0 spiro atoms.